The van der Waals surface area contributed by atoms with Crippen molar-refractivity contribution >= 4 is 22.6 Å². The van der Waals surface area contributed by atoms with Gasteiger partial charge in [0.1, 0.15) is 5.82 Å². The number of amides is 1. The third kappa shape index (κ3) is 2.40. The molecule has 1 fully saturated rings. The number of aryl methyl sites for hydroxylation is 2. The van der Waals surface area contributed by atoms with E-state index in [1.807, 2.05) is 51.6 Å². The Morgan fingerprint density at radius 2 is 2.26 bits per heavy atom. The van der Waals surface area contributed by atoms with Crippen LogP contribution in [0, 0.1) is 12.8 Å². The Morgan fingerprint density at radius 3 is 3.00 bits per heavy atom. The molecule has 0 spiro atoms. The minimum Gasteiger partial charge on any atom is -0.342 e. The molecule has 1 saturated carbocycles. The number of carbonyl (C=O) groups excluding carboxylic acids is 1. The lowest BCUT2D eigenvalue weighted by atomic mass is 10.2. The molecule has 0 radical (unpaired) electrons. The lowest BCUT2D eigenvalue weighted by molar-refractivity contribution is -0.119. The Balaban J connectivity index is 1.53. The van der Waals surface area contributed by atoms with Gasteiger partial charge in [-0.3, -0.25) is 9.48 Å². The zero-order chi connectivity index (χ0) is 16.1. The summed E-state index contributed by atoms with van der Waals surface area (Å²) in [4.78, 5) is 22.1. The fourth-order valence-corrected chi connectivity index (χ4v) is 3.18. The van der Waals surface area contributed by atoms with Gasteiger partial charge in [0.25, 0.3) is 0 Å². The summed E-state index contributed by atoms with van der Waals surface area (Å²) in [5.41, 5.74) is 3.92. The van der Waals surface area contributed by atoms with Gasteiger partial charge in [-0.2, -0.15) is 5.10 Å². The first-order valence-electron chi connectivity index (χ1n) is 7.75. The monoisotopic (exact) mass is 309 g/mol. The second-order valence-corrected chi connectivity index (χ2v) is 6.32. The Bertz CT molecular complexity index is 893. The highest BCUT2D eigenvalue weighted by Gasteiger charge is 2.46. The highest BCUT2D eigenvalue weighted by atomic mass is 16.2. The molecule has 1 aromatic carbocycles. The van der Waals surface area contributed by atoms with Gasteiger partial charge in [0, 0.05) is 31.9 Å². The number of hydrogen-bond donors (Lipinski definition) is 1. The van der Waals surface area contributed by atoms with E-state index in [0.717, 1.165) is 34.5 Å². The van der Waals surface area contributed by atoms with Crippen molar-refractivity contribution in [3.05, 3.63) is 42.0 Å². The molecule has 1 aliphatic carbocycles. The van der Waals surface area contributed by atoms with Crippen molar-refractivity contribution < 1.29 is 4.79 Å². The Morgan fingerprint density at radius 1 is 1.43 bits per heavy atom. The van der Waals surface area contributed by atoms with Crippen molar-refractivity contribution in [3.8, 4) is 0 Å². The minimum absolute atomic E-state index is 0.0587. The normalized spacial score (nSPS) is 20.0. The molecule has 0 bridgehead atoms. The second-order valence-electron chi connectivity index (χ2n) is 6.32. The van der Waals surface area contributed by atoms with Gasteiger partial charge in [-0.15, -0.1) is 0 Å². The molecule has 6 nitrogen and oxygen atoms in total. The van der Waals surface area contributed by atoms with E-state index in [2.05, 4.69) is 15.1 Å². The maximum Gasteiger partial charge on any atom is 0.230 e. The number of aromatic nitrogens is 4. The van der Waals surface area contributed by atoms with Crippen LogP contribution in [0.15, 0.2) is 30.6 Å². The van der Waals surface area contributed by atoms with Crippen LogP contribution in [0.25, 0.3) is 11.0 Å². The molecular weight excluding hydrogens is 290 g/mol. The predicted molar refractivity (Wildman–Crippen MR) is 88.3 cm³/mol. The molecule has 118 valence electrons. The van der Waals surface area contributed by atoms with Crippen LogP contribution in [0.4, 0.5) is 5.69 Å². The minimum atomic E-state index is 0.0587. The molecule has 1 aliphatic rings. The van der Waals surface area contributed by atoms with Crippen LogP contribution in [0.1, 0.15) is 23.7 Å². The van der Waals surface area contributed by atoms with Crippen molar-refractivity contribution in [2.45, 2.75) is 19.3 Å². The van der Waals surface area contributed by atoms with Gasteiger partial charge in [0.2, 0.25) is 5.91 Å². The van der Waals surface area contributed by atoms with Crippen LogP contribution < -0.4 is 4.90 Å². The summed E-state index contributed by atoms with van der Waals surface area (Å²) in [6.07, 6.45) is 4.76. The molecule has 2 aromatic heterocycles. The van der Waals surface area contributed by atoms with Crippen LogP contribution in [0.3, 0.4) is 0 Å². The van der Waals surface area contributed by atoms with Crippen LogP contribution in [0.5, 0.6) is 0 Å². The van der Waals surface area contributed by atoms with Crippen LogP contribution in [0.2, 0.25) is 0 Å². The first-order chi connectivity index (χ1) is 11.0. The summed E-state index contributed by atoms with van der Waals surface area (Å²) in [7, 11) is 3.74. The highest BCUT2D eigenvalue weighted by molar-refractivity contribution is 5.98. The molecule has 4 rings (SSSR count). The molecule has 0 aliphatic heterocycles. The third-order valence-corrected chi connectivity index (χ3v) is 4.56. The quantitative estimate of drug-likeness (QED) is 0.807. The topological polar surface area (TPSA) is 66.8 Å². The first kappa shape index (κ1) is 14.0. The van der Waals surface area contributed by atoms with Crippen molar-refractivity contribution in [2.75, 3.05) is 11.9 Å². The smallest absolute Gasteiger partial charge is 0.230 e. The first-order valence-corrected chi connectivity index (χ1v) is 7.75. The number of rotatable bonds is 3. The lowest BCUT2D eigenvalue weighted by Gasteiger charge is -2.17. The third-order valence-electron chi connectivity index (χ3n) is 4.56. The molecule has 3 aromatic rings. The van der Waals surface area contributed by atoms with Crippen LogP contribution >= 0.6 is 0 Å². The number of H-pyrrole nitrogens is 1. The SMILES string of the molecule is Cc1nc2ccc(N(C)C(=O)[C@@H]3C[C@H]3c3cnn(C)c3)cc2[nH]1. The fraction of sp³-hybridized carbons (Fsp3) is 0.353. The van der Waals surface area contributed by atoms with E-state index in [0.29, 0.717) is 5.92 Å². The lowest BCUT2D eigenvalue weighted by Crippen LogP contribution is -2.28. The van der Waals surface area contributed by atoms with E-state index < -0.39 is 0 Å². The summed E-state index contributed by atoms with van der Waals surface area (Å²) in [6.45, 7) is 1.93. The van der Waals surface area contributed by atoms with Crippen LogP contribution in [-0.2, 0) is 11.8 Å². The van der Waals surface area contributed by atoms with Gasteiger partial charge in [-0.05, 0) is 43.0 Å². The van der Waals surface area contributed by atoms with E-state index in [9.17, 15) is 4.79 Å². The summed E-state index contributed by atoms with van der Waals surface area (Å²) < 4.78 is 1.79. The van der Waals surface area contributed by atoms with Gasteiger partial charge in [-0.25, -0.2) is 4.98 Å². The standard InChI is InChI=1S/C17H19N5O/c1-10-19-15-5-4-12(6-16(15)20-10)22(3)17(23)14-7-13(14)11-8-18-21(2)9-11/h4-6,8-9,13-14H,7H2,1-3H3,(H,19,20)/t13-,14+/m0/s1. The number of anilines is 1. The molecular formula is C17H19N5O. The van der Waals surface area contributed by atoms with Gasteiger partial charge in [-0.1, -0.05) is 0 Å². The van der Waals surface area contributed by atoms with Gasteiger partial charge in [0.15, 0.2) is 0 Å². The molecule has 23 heavy (non-hydrogen) atoms. The van der Waals surface area contributed by atoms with E-state index >= 15 is 0 Å². The van der Waals surface area contributed by atoms with Crippen molar-refractivity contribution in [1.29, 1.82) is 0 Å². The van der Waals surface area contributed by atoms with Gasteiger partial charge < -0.3 is 9.88 Å². The summed E-state index contributed by atoms with van der Waals surface area (Å²) in [6, 6.07) is 5.88. The average Bonchev–Trinajstić information content (AvgIpc) is 3.06. The van der Waals surface area contributed by atoms with Crippen molar-refractivity contribution in [1.82, 2.24) is 19.7 Å². The Labute approximate surface area is 134 Å². The maximum atomic E-state index is 12.7. The maximum absolute atomic E-state index is 12.7. The average molecular weight is 309 g/mol. The van der Waals surface area contributed by atoms with Gasteiger partial charge in [0.05, 0.1) is 17.2 Å². The van der Waals surface area contributed by atoms with Crippen molar-refractivity contribution in [3.63, 3.8) is 0 Å². The van der Waals surface area contributed by atoms with E-state index in [4.69, 9.17) is 0 Å². The largest absolute Gasteiger partial charge is 0.342 e. The summed E-state index contributed by atoms with van der Waals surface area (Å²) >= 11 is 0. The Hall–Kier alpha value is -2.63. The zero-order valence-electron chi connectivity index (χ0n) is 13.4. The molecule has 0 saturated heterocycles. The van der Waals surface area contributed by atoms with E-state index in [-0.39, 0.29) is 11.8 Å². The molecule has 0 unspecified atom stereocenters. The number of carbonyl (C=O) groups is 1. The zero-order valence-corrected chi connectivity index (χ0v) is 13.4. The number of nitrogens with one attached hydrogen (secondary N) is 1. The Kier molecular flexibility index (Phi) is 3.01. The summed E-state index contributed by atoms with van der Waals surface area (Å²) in [5, 5.41) is 4.19. The predicted octanol–water partition coefficient (Wildman–Crippen LogP) is 2.37. The molecule has 2 heterocycles. The fourth-order valence-electron chi connectivity index (χ4n) is 3.18. The van der Waals surface area contributed by atoms with E-state index in [1.165, 1.54) is 0 Å². The second kappa shape index (κ2) is 4.94. The highest BCUT2D eigenvalue weighted by Crippen LogP contribution is 2.48. The molecule has 6 heteroatoms. The number of hydrogen-bond acceptors (Lipinski definition) is 3. The molecule has 1 amide bonds. The number of aromatic amines is 1. The number of benzene rings is 1. The summed E-state index contributed by atoms with van der Waals surface area (Å²) in [5.74, 6) is 1.40. The van der Waals surface area contributed by atoms with Crippen LogP contribution in [-0.4, -0.2) is 32.7 Å². The molecule has 1 N–H and O–H groups in total. The molecule has 2 atom stereocenters. The number of fused-ring (bicyclic) bond motifs is 1. The number of imidazole rings is 1. The number of nitrogens with zero attached hydrogens (tertiary/aromatic N) is 4. The van der Waals surface area contributed by atoms with Crippen molar-refractivity contribution in [2.24, 2.45) is 13.0 Å². The van der Waals surface area contributed by atoms with E-state index in [1.54, 1.807) is 9.58 Å². The van der Waals surface area contributed by atoms with Gasteiger partial charge >= 0.3 is 0 Å².